The lowest BCUT2D eigenvalue weighted by Gasteiger charge is -2.07. The SMILES string of the molecule is CN(I)Cc1ccc(F)c(Cl)c1. The molecule has 0 aliphatic carbocycles. The highest BCUT2D eigenvalue weighted by Crippen LogP contribution is 2.17. The van der Waals surface area contributed by atoms with Crippen molar-refractivity contribution in [3.63, 3.8) is 0 Å². The molecule has 1 rings (SSSR count). The van der Waals surface area contributed by atoms with Crippen molar-refractivity contribution in [2.75, 3.05) is 7.05 Å². The Balaban J connectivity index is 2.82. The quantitative estimate of drug-likeness (QED) is 0.598. The minimum absolute atomic E-state index is 0.186. The van der Waals surface area contributed by atoms with Gasteiger partial charge >= 0.3 is 0 Å². The Labute approximate surface area is 90.0 Å². The largest absolute Gasteiger partial charge is 0.246 e. The molecule has 0 fully saturated rings. The summed E-state index contributed by atoms with van der Waals surface area (Å²) in [5.74, 6) is -0.364. The molecule has 0 saturated heterocycles. The van der Waals surface area contributed by atoms with E-state index in [1.54, 1.807) is 12.1 Å². The van der Waals surface area contributed by atoms with E-state index in [-0.39, 0.29) is 10.8 Å². The smallest absolute Gasteiger partial charge is 0.141 e. The average molecular weight is 300 g/mol. The minimum Gasteiger partial charge on any atom is -0.246 e. The van der Waals surface area contributed by atoms with Crippen LogP contribution in [0.15, 0.2) is 18.2 Å². The molecule has 0 heterocycles. The molecule has 1 nitrogen and oxygen atoms in total. The summed E-state index contributed by atoms with van der Waals surface area (Å²) in [4.78, 5) is 0. The zero-order valence-electron chi connectivity index (χ0n) is 6.52. The van der Waals surface area contributed by atoms with Crippen molar-refractivity contribution in [2.45, 2.75) is 6.54 Å². The van der Waals surface area contributed by atoms with E-state index < -0.39 is 0 Å². The van der Waals surface area contributed by atoms with Crippen LogP contribution in [0.1, 0.15) is 5.56 Å². The Morgan fingerprint density at radius 1 is 1.58 bits per heavy atom. The number of benzene rings is 1. The van der Waals surface area contributed by atoms with Gasteiger partial charge in [0.2, 0.25) is 0 Å². The van der Waals surface area contributed by atoms with Crippen LogP contribution in [0.5, 0.6) is 0 Å². The Bertz CT molecular complexity index is 278. The van der Waals surface area contributed by atoms with Crippen molar-refractivity contribution in [1.82, 2.24) is 3.11 Å². The molecule has 4 heteroatoms. The lowest BCUT2D eigenvalue weighted by molar-refractivity contribution is 0.603. The van der Waals surface area contributed by atoms with Crippen molar-refractivity contribution in [3.05, 3.63) is 34.6 Å². The number of hydrogen-bond donors (Lipinski definition) is 0. The maximum atomic E-state index is 12.7. The number of rotatable bonds is 2. The van der Waals surface area contributed by atoms with Crippen LogP contribution in [-0.4, -0.2) is 10.2 Å². The van der Waals surface area contributed by atoms with Crippen molar-refractivity contribution >= 4 is 34.5 Å². The van der Waals surface area contributed by atoms with Crippen LogP contribution in [-0.2, 0) is 6.54 Å². The summed E-state index contributed by atoms with van der Waals surface area (Å²) in [5.41, 5.74) is 1.01. The van der Waals surface area contributed by atoms with Crippen molar-refractivity contribution in [3.8, 4) is 0 Å². The first kappa shape index (κ1) is 10.2. The Morgan fingerprint density at radius 2 is 2.25 bits per heavy atom. The normalized spacial score (nSPS) is 10.8. The summed E-state index contributed by atoms with van der Waals surface area (Å²) >= 11 is 7.76. The second kappa shape index (κ2) is 4.39. The van der Waals surface area contributed by atoms with Crippen molar-refractivity contribution < 1.29 is 4.39 Å². The first-order chi connectivity index (χ1) is 5.59. The molecule has 0 spiro atoms. The topological polar surface area (TPSA) is 3.24 Å². The Morgan fingerprint density at radius 3 is 2.75 bits per heavy atom. The third kappa shape index (κ3) is 2.88. The first-order valence-electron chi connectivity index (χ1n) is 3.40. The van der Waals surface area contributed by atoms with Crippen LogP contribution < -0.4 is 0 Å². The zero-order chi connectivity index (χ0) is 9.14. The predicted octanol–water partition coefficient (Wildman–Crippen LogP) is 3.26. The van der Waals surface area contributed by atoms with Crippen LogP contribution in [0.25, 0.3) is 0 Å². The molecule has 0 radical (unpaired) electrons. The van der Waals surface area contributed by atoms with Crippen LogP contribution in [0.4, 0.5) is 4.39 Å². The molecule has 1 aromatic rings. The van der Waals surface area contributed by atoms with Crippen molar-refractivity contribution in [2.24, 2.45) is 0 Å². The highest BCUT2D eigenvalue weighted by molar-refractivity contribution is 14.1. The summed E-state index contributed by atoms with van der Waals surface area (Å²) in [6, 6.07) is 4.76. The summed E-state index contributed by atoms with van der Waals surface area (Å²) in [6.45, 7) is 0.764. The van der Waals surface area contributed by atoms with Gasteiger partial charge in [-0.3, -0.25) is 0 Å². The summed E-state index contributed by atoms with van der Waals surface area (Å²) in [7, 11) is 1.94. The molecular weight excluding hydrogens is 291 g/mol. The fourth-order valence-electron chi connectivity index (χ4n) is 0.890. The van der Waals surface area contributed by atoms with Gasteiger partial charge in [-0.25, -0.2) is 7.50 Å². The molecule has 0 aliphatic rings. The van der Waals surface area contributed by atoms with Gasteiger partial charge in [0.1, 0.15) is 5.82 Å². The molecule has 0 atom stereocenters. The second-order valence-corrected chi connectivity index (χ2v) is 4.57. The number of nitrogens with zero attached hydrogens (tertiary/aromatic N) is 1. The molecule has 12 heavy (non-hydrogen) atoms. The van der Waals surface area contributed by atoms with Gasteiger partial charge in [0.15, 0.2) is 0 Å². The van der Waals surface area contributed by atoms with Gasteiger partial charge in [-0.05, 0) is 24.7 Å². The van der Waals surface area contributed by atoms with E-state index in [1.165, 1.54) is 6.07 Å². The molecule has 0 N–H and O–H groups in total. The van der Waals surface area contributed by atoms with E-state index in [9.17, 15) is 4.39 Å². The van der Waals surface area contributed by atoms with E-state index >= 15 is 0 Å². The maximum absolute atomic E-state index is 12.7. The minimum atomic E-state index is -0.364. The molecule has 0 amide bonds. The molecule has 0 aliphatic heterocycles. The lowest BCUT2D eigenvalue weighted by atomic mass is 10.2. The van der Waals surface area contributed by atoms with Crippen LogP contribution in [0, 0.1) is 5.82 Å². The average Bonchev–Trinajstić information content (AvgIpc) is 1.96. The molecule has 0 unspecified atom stereocenters. The third-order valence-corrected chi connectivity index (χ3v) is 2.02. The van der Waals surface area contributed by atoms with Gasteiger partial charge in [0.25, 0.3) is 0 Å². The maximum Gasteiger partial charge on any atom is 0.141 e. The predicted molar refractivity (Wildman–Crippen MR) is 56.9 cm³/mol. The Kier molecular flexibility index (Phi) is 3.74. The molecular formula is C8H8ClFIN. The van der Waals surface area contributed by atoms with E-state index in [4.69, 9.17) is 11.6 Å². The van der Waals surface area contributed by atoms with Crippen molar-refractivity contribution in [1.29, 1.82) is 0 Å². The number of hydrogen-bond acceptors (Lipinski definition) is 1. The zero-order valence-corrected chi connectivity index (χ0v) is 9.43. The van der Waals surface area contributed by atoms with E-state index in [0.717, 1.165) is 12.1 Å². The highest BCUT2D eigenvalue weighted by atomic mass is 127. The van der Waals surface area contributed by atoms with Gasteiger partial charge in [0.05, 0.1) is 5.02 Å². The summed E-state index contributed by atoms with van der Waals surface area (Å²) < 4.78 is 14.7. The van der Waals surface area contributed by atoms with E-state index in [1.807, 2.05) is 10.2 Å². The first-order valence-corrected chi connectivity index (χ1v) is 4.74. The molecule has 1 aromatic carbocycles. The third-order valence-electron chi connectivity index (χ3n) is 1.38. The summed E-state index contributed by atoms with van der Waals surface area (Å²) in [6.07, 6.45) is 0. The highest BCUT2D eigenvalue weighted by Gasteiger charge is 2.01. The van der Waals surface area contributed by atoms with Crippen LogP contribution in [0.3, 0.4) is 0 Å². The summed E-state index contributed by atoms with van der Waals surface area (Å²) in [5, 5.41) is 0.186. The fourth-order valence-corrected chi connectivity index (χ4v) is 1.49. The second-order valence-electron chi connectivity index (χ2n) is 2.51. The van der Waals surface area contributed by atoms with Gasteiger partial charge in [-0.1, -0.05) is 17.7 Å². The van der Waals surface area contributed by atoms with Gasteiger partial charge < -0.3 is 0 Å². The fraction of sp³-hybridized carbons (Fsp3) is 0.250. The van der Waals surface area contributed by atoms with E-state index in [2.05, 4.69) is 22.9 Å². The number of halogens is 3. The standard InChI is InChI=1S/C8H8ClFIN/c1-12(11)5-6-2-3-8(10)7(9)4-6/h2-4H,5H2,1H3. The molecule has 0 bridgehead atoms. The molecule has 0 aromatic heterocycles. The molecule has 0 saturated carbocycles. The Hall–Kier alpha value is 0.130. The monoisotopic (exact) mass is 299 g/mol. The van der Waals surface area contributed by atoms with Crippen LogP contribution in [0.2, 0.25) is 5.02 Å². The molecule has 66 valence electrons. The van der Waals surface area contributed by atoms with Gasteiger partial charge in [0, 0.05) is 29.4 Å². The van der Waals surface area contributed by atoms with Crippen LogP contribution >= 0.6 is 34.5 Å². The van der Waals surface area contributed by atoms with E-state index in [0.29, 0.717) is 0 Å². The lowest BCUT2D eigenvalue weighted by Crippen LogP contribution is -2.02. The van der Waals surface area contributed by atoms with Gasteiger partial charge in [-0.2, -0.15) is 0 Å². The van der Waals surface area contributed by atoms with Gasteiger partial charge in [-0.15, -0.1) is 0 Å².